The summed E-state index contributed by atoms with van der Waals surface area (Å²) in [7, 11) is 1.61. The van der Waals surface area contributed by atoms with Gasteiger partial charge < -0.3 is 23.8 Å². The number of carbonyl (C=O) groups is 2. The Kier molecular flexibility index (Phi) is 7.62. The molecular weight excluding hydrogens is 400 g/mol. The molecule has 2 amide bonds. The van der Waals surface area contributed by atoms with Crippen LogP contribution in [-0.2, 0) is 33.9 Å². The maximum absolute atomic E-state index is 12.9. The van der Waals surface area contributed by atoms with Crippen molar-refractivity contribution in [2.24, 2.45) is 0 Å². The van der Waals surface area contributed by atoms with Crippen molar-refractivity contribution >= 4 is 11.8 Å². The van der Waals surface area contributed by atoms with Crippen molar-refractivity contribution < 1.29 is 23.6 Å². The fraction of sp³-hybridized carbons (Fsp3) is 0.545. The van der Waals surface area contributed by atoms with E-state index in [-0.39, 0.29) is 24.4 Å². The number of methoxy groups -OCH3 is 1. The number of amides is 2. The summed E-state index contributed by atoms with van der Waals surface area (Å²) in [6, 6.07) is 7.48. The summed E-state index contributed by atoms with van der Waals surface area (Å²) in [5, 5.41) is 3.94. The maximum Gasteiger partial charge on any atom is 0.251 e. The second-order valence-electron chi connectivity index (χ2n) is 7.64. The fourth-order valence-corrected chi connectivity index (χ4v) is 3.66. The summed E-state index contributed by atoms with van der Waals surface area (Å²) in [4.78, 5) is 32.8. The van der Waals surface area contributed by atoms with Gasteiger partial charge >= 0.3 is 0 Å². The normalized spacial score (nSPS) is 16.9. The van der Waals surface area contributed by atoms with E-state index in [4.69, 9.17) is 14.0 Å². The number of benzene rings is 1. The Hall–Kier alpha value is -2.94. The summed E-state index contributed by atoms with van der Waals surface area (Å²) in [5.74, 6) is 1.61. The summed E-state index contributed by atoms with van der Waals surface area (Å²) >= 11 is 0. The van der Waals surface area contributed by atoms with E-state index >= 15 is 0 Å². The SMILES string of the molecule is CCc1nc(CN(C(C)=O)[C@H]2CCN(C(=O)[C@H](C)OCc3cccc(OC)c3)C2)no1. The zero-order valence-electron chi connectivity index (χ0n) is 18.5. The Labute approximate surface area is 182 Å². The van der Waals surface area contributed by atoms with Gasteiger partial charge in [0.2, 0.25) is 11.8 Å². The number of nitrogens with zero attached hydrogens (tertiary/aromatic N) is 4. The molecule has 2 atom stereocenters. The maximum atomic E-state index is 12.9. The molecule has 2 aromatic rings. The van der Waals surface area contributed by atoms with Crippen molar-refractivity contribution in [1.29, 1.82) is 0 Å². The van der Waals surface area contributed by atoms with Gasteiger partial charge in [0, 0.05) is 26.4 Å². The molecule has 1 fully saturated rings. The molecule has 1 aromatic heterocycles. The number of rotatable bonds is 9. The van der Waals surface area contributed by atoms with Crippen molar-refractivity contribution in [1.82, 2.24) is 19.9 Å². The average molecular weight is 431 g/mol. The minimum absolute atomic E-state index is 0.0792. The Bertz CT molecular complexity index is 900. The van der Waals surface area contributed by atoms with Gasteiger partial charge in [-0.1, -0.05) is 24.2 Å². The predicted molar refractivity (Wildman–Crippen MR) is 112 cm³/mol. The molecule has 0 radical (unpaired) electrons. The van der Waals surface area contributed by atoms with Crippen LogP contribution in [0, 0.1) is 0 Å². The van der Waals surface area contributed by atoms with Gasteiger partial charge in [-0.25, -0.2) is 0 Å². The second-order valence-corrected chi connectivity index (χ2v) is 7.64. The van der Waals surface area contributed by atoms with Crippen molar-refractivity contribution in [2.75, 3.05) is 20.2 Å². The molecule has 1 aliphatic rings. The van der Waals surface area contributed by atoms with Crippen molar-refractivity contribution in [3.8, 4) is 5.75 Å². The van der Waals surface area contributed by atoms with Crippen LogP contribution in [-0.4, -0.2) is 64.1 Å². The highest BCUT2D eigenvalue weighted by atomic mass is 16.5. The van der Waals surface area contributed by atoms with Crippen LogP contribution in [0.5, 0.6) is 5.75 Å². The highest BCUT2D eigenvalue weighted by Gasteiger charge is 2.34. The lowest BCUT2D eigenvalue weighted by atomic mass is 10.2. The first kappa shape index (κ1) is 22.7. The molecule has 2 heterocycles. The first-order valence-electron chi connectivity index (χ1n) is 10.5. The first-order chi connectivity index (χ1) is 14.9. The Balaban J connectivity index is 1.54. The molecule has 31 heavy (non-hydrogen) atoms. The van der Waals surface area contributed by atoms with Crippen LogP contribution in [0.2, 0.25) is 0 Å². The van der Waals surface area contributed by atoms with Crippen LogP contribution in [0.15, 0.2) is 28.8 Å². The molecule has 168 valence electrons. The molecule has 0 saturated carbocycles. The van der Waals surface area contributed by atoms with Crippen LogP contribution < -0.4 is 4.74 Å². The summed E-state index contributed by atoms with van der Waals surface area (Å²) in [5.41, 5.74) is 0.938. The fourth-order valence-electron chi connectivity index (χ4n) is 3.66. The Morgan fingerprint density at radius 3 is 2.87 bits per heavy atom. The molecule has 0 N–H and O–H groups in total. The lowest BCUT2D eigenvalue weighted by Gasteiger charge is -2.27. The minimum atomic E-state index is -0.583. The molecule has 1 aromatic carbocycles. The molecular formula is C22H30N4O5. The average Bonchev–Trinajstić information content (AvgIpc) is 3.44. The number of ether oxygens (including phenoxy) is 2. The van der Waals surface area contributed by atoms with E-state index in [1.54, 1.807) is 23.8 Å². The molecule has 1 saturated heterocycles. The van der Waals surface area contributed by atoms with Gasteiger partial charge in [-0.15, -0.1) is 0 Å². The molecule has 9 heteroatoms. The van der Waals surface area contributed by atoms with Gasteiger partial charge in [-0.05, 0) is 31.0 Å². The van der Waals surface area contributed by atoms with Gasteiger partial charge in [0.15, 0.2) is 5.82 Å². The number of hydrogen-bond donors (Lipinski definition) is 0. The largest absolute Gasteiger partial charge is 0.497 e. The van der Waals surface area contributed by atoms with E-state index in [9.17, 15) is 9.59 Å². The van der Waals surface area contributed by atoms with Crippen molar-refractivity contribution in [3.63, 3.8) is 0 Å². The predicted octanol–water partition coefficient (Wildman–Crippen LogP) is 2.20. The van der Waals surface area contributed by atoms with Gasteiger partial charge in [0.25, 0.3) is 5.91 Å². The third-order valence-corrected chi connectivity index (χ3v) is 5.43. The number of likely N-dealkylation sites (tertiary alicyclic amines) is 1. The van der Waals surface area contributed by atoms with Crippen LogP contribution >= 0.6 is 0 Å². The third-order valence-electron chi connectivity index (χ3n) is 5.43. The standard InChI is InChI=1S/C22H30N4O5/c1-5-21-23-20(24-31-21)13-26(16(3)27)18-9-10-25(12-18)22(28)15(2)30-14-17-7-6-8-19(11-17)29-4/h6-8,11,15,18H,5,9-10,12-14H2,1-4H3/t15-,18-/m0/s1. The van der Waals surface area contributed by atoms with Crippen LogP contribution in [0.25, 0.3) is 0 Å². The second kappa shape index (κ2) is 10.4. The summed E-state index contributed by atoms with van der Waals surface area (Å²) in [6.07, 6.45) is 0.763. The molecule has 0 unspecified atom stereocenters. The first-order valence-corrected chi connectivity index (χ1v) is 10.5. The molecule has 1 aliphatic heterocycles. The highest BCUT2D eigenvalue weighted by molar-refractivity contribution is 5.81. The highest BCUT2D eigenvalue weighted by Crippen LogP contribution is 2.20. The van der Waals surface area contributed by atoms with Crippen LogP contribution in [0.3, 0.4) is 0 Å². The van der Waals surface area contributed by atoms with E-state index in [1.165, 1.54) is 6.92 Å². The van der Waals surface area contributed by atoms with Crippen LogP contribution in [0.1, 0.15) is 44.5 Å². The van der Waals surface area contributed by atoms with E-state index in [2.05, 4.69) is 10.1 Å². The third kappa shape index (κ3) is 5.81. The molecule has 0 bridgehead atoms. The number of aryl methyl sites for hydroxylation is 1. The molecule has 9 nitrogen and oxygen atoms in total. The summed E-state index contributed by atoms with van der Waals surface area (Å²) < 4.78 is 16.2. The number of carbonyl (C=O) groups excluding carboxylic acids is 2. The van der Waals surface area contributed by atoms with Crippen molar-refractivity contribution in [3.05, 3.63) is 41.5 Å². The van der Waals surface area contributed by atoms with E-state index in [0.29, 0.717) is 44.3 Å². The lowest BCUT2D eigenvalue weighted by molar-refractivity contribution is -0.143. The monoisotopic (exact) mass is 430 g/mol. The Morgan fingerprint density at radius 2 is 2.19 bits per heavy atom. The minimum Gasteiger partial charge on any atom is -0.497 e. The van der Waals surface area contributed by atoms with E-state index in [0.717, 1.165) is 11.3 Å². The van der Waals surface area contributed by atoms with Gasteiger partial charge in [-0.3, -0.25) is 9.59 Å². The summed E-state index contributed by atoms with van der Waals surface area (Å²) in [6.45, 7) is 6.83. The number of aromatic nitrogens is 2. The smallest absolute Gasteiger partial charge is 0.251 e. The quantitative estimate of drug-likeness (QED) is 0.601. The van der Waals surface area contributed by atoms with Crippen molar-refractivity contribution in [2.45, 2.75) is 58.9 Å². The number of hydrogen-bond acceptors (Lipinski definition) is 7. The van der Waals surface area contributed by atoms with E-state index < -0.39 is 6.10 Å². The van der Waals surface area contributed by atoms with Gasteiger partial charge in [0.1, 0.15) is 11.9 Å². The van der Waals surface area contributed by atoms with E-state index in [1.807, 2.05) is 31.2 Å². The Morgan fingerprint density at radius 1 is 1.39 bits per heavy atom. The van der Waals surface area contributed by atoms with Gasteiger partial charge in [0.05, 0.1) is 26.3 Å². The molecule has 0 aliphatic carbocycles. The van der Waals surface area contributed by atoms with Crippen LogP contribution in [0.4, 0.5) is 0 Å². The molecule has 3 rings (SSSR count). The molecule has 0 spiro atoms. The topological polar surface area (TPSA) is 98.0 Å². The lowest BCUT2D eigenvalue weighted by Crippen LogP contribution is -2.43. The zero-order chi connectivity index (χ0) is 22.4. The zero-order valence-corrected chi connectivity index (χ0v) is 18.5. The van der Waals surface area contributed by atoms with Gasteiger partial charge in [-0.2, -0.15) is 4.98 Å².